The van der Waals surface area contributed by atoms with E-state index in [9.17, 15) is 4.79 Å². The normalized spacial score (nSPS) is 20.8. The second-order valence-corrected chi connectivity index (χ2v) is 5.05. The van der Waals surface area contributed by atoms with E-state index in [0.717, 1.165) is 30.7 Å². The molecule has 1 aliphatic heterocycles. The number of carbonyl (C=O) groups is 1. The highest BCUT2D eigenvalue weighted by Gasteiger charge is 2.24. The van der Waals surface area contributed by atoms with Crippen molar-refractivity contribution in [3.05, 3.63) is 29.7 Å². The molecule has 2 heterocycles. The molecular weight excluding hydrogens is 242 g/mol. The van der Waals surface area contributed by atoms with Gasteiger partial charge in [0, 0.05) is 32.1 Å². The Morgan fingerprint density at radius 3 is 3.16 bits per heavy atom. The van der Waals surface area contributed by atoms with Crippen LogP contribution in [0.25, 0.3) is 11.1 Å². The zero-order valence-electron chi connectivity index (χ0n) is 11.1. The van der Waals surface area contributed by atoms with Crippen LogP contribution in [0.5, 0.6) is 0 Å². The lowest BCUT2D eigenvalue weighted by atomic mass is 10.0. The number of ketones is 1. The minimum absolute atomic E-state index is 0.120. The van der Waals surface area contributed by atoms with Crippen LogP contribution in [0, 0.1) is 6.92 Å². The number of hydrogen-bond acceptors (Lipinski definition) is 5. The summed E-state index contributed by atoms with van der Waals surface area (Å²) in [5, 5.41) is 3.27. The highest BCUT2D eigenvalue weighted by molar-refractivity contribution is 6.02. The molecule has 1 saturated heterocycles. The van der Waals surface area contributed by atoms with Crippen molar-refractivity contribution in [2.45, 2.75) is 13.0 Å². The number of aryl methyl sites for hydroxylation is 1. The summed E-state index contributed by atoms with van der Waals surface area (Å²) in [6.07, 6.45) is 0. The van der Waals surface area contributed by atoms with Crippen LogP contribution in [0.3, 0.4) is 0 Å². The van der Waals surface area contributed by atoms with Crippen molar-refractivity contribution in [3.8, 4) is 0 Å². The molecule has 0 saturated carbocycles. The average Bonchev–Trinajstić information content (AvgIpc) is 2.76. The molecule has 5 nitrogen and oxygen atoms in total. The van der Waals surface area contributed by atoms with E-state index in [1.54, 1.807) is 6.92 Å². The van der Waals surface area contributed by atoms with E-state index in [4.69, 9.17) is 4.42 Å². The van der Waals surface area contributed by atoms with Gasteiger partial charge >= 0.3 is 0 Å². The summed E-state index contributed by atoms with van der Waals surface area (Å²) in [5.41, 5.74) is 2.16. The summed E-state index contributed by atoms with van der Waals surface area (Å²) in [6, 6.07) is 5.30. The van der Waals surface area contributed by atoms with Crippen molar-refractivity contribution in [2.24, 2.45) is 0 Å². The largest absolute Gasteiger partial charge is 0.441 e. The second-order valence-electron chi connectivity index (χ2n) is 5.05. The van der Waals surface area contributed by atoms with Gasteiger partial charge in [-0.1, -0.05) is 0 Å². The van der Waals surface area contributed by atoms with Crippen LogP contribution in [-0.4, -0.2) is 48.4 Å². The Kier molecular flexibility index (Phi) is 3.08. The molecule has 1 aliphatic rings. The molecule has 1 fully saturated rings. The number of benzene rings is 1. The molecule has 0 aliphatic carbocycles. The molecule has 1 aromatic heterocycles. The number of Topliss-reactive ketones (excluding diaryl/α,β-unsaturated/α-hetero) is 1. The summed E-state index contributed by atoms with van der Waals surface area (Å²) in [5.74, 6) is 0.740. The van der Waals surface area contributed by atoms with E-state index in [1.165, 1.54) is 0 Å². The first-order valence-electron chi connectivity index (χ1n) is 6.47. The smallest absolute Gasteiger partial charge is 0.192 e. The van der Waals surface area contributed by atoms with E-state index < -0.39 is 0 Å². The molecule has 1 atom stereocenters. The van der Waals surface area contributed by atoms with Gasteiger partial charge in [-0.2, -0.15) is 0 Å². The van der Waals surface area contributed by atoms with Crippen molar-refractivity contribution >= 4 is 16.9 Å². The lowest BCUT2D eigenvalue weighted by Crippen LogP contribution is -2.52. The highest BCUT2D eigenvalue weighted by Crippen LogP contribution is 2.18. The third-order valence-electron chi connectivity index (χ3n) is 3.47. The lowest BCUT2D eigenvalue weighted by molar-refractivity contribution is 0.0894. The monoisotopic (exact) mass is 259 g/mol. The molecule has 1 aromatic carbocycles. The summed E-state index contributed by atoms with van der Waals surface area (Å²) in [6.45, 7) is 4.37. The Labute approximate surface area is 111 Å². The third-order valence-corrected chi connectivity index (χ3v) is 3.47. The fourth-order valence-electron chi connectivity index (χ4n) is 2.47. The van der Waals surface area contributed by atoms with E-state index in [-0.39, 0.29) is 11.8 Å². The van der Waals surface area contributed by atoms with Crippen LogP contribution in [0.4, 0.5) is 0 Å². The number of carbonyl (C=O) groups excluding carboxylic acids is 1. The van der Waals surface area contributed by atoms with Crippen LogP contribution in [-0.2, 0) is 0 Å². The van der Waals surface area contributed by atoms with Crippen molar-refractivity contribution in [2.75, 3.05) is 26.7 Å². The summed E-state index contributed by atoms with van der Waals surface area (Å²) in [4.78, 5) is 18.9. The molecule has 3 rings (SSSR count). The van der Waals surface area contributed by atoms with Gasteiger partial charge in [0.05, 0.1) is 6.04 Å². The number of hydrogen-bond donors (Lipinski definition) is 1. The quantitative estimate of drug-likeness (QED) is 0.822. The van der Waals surface area contributed by atoms with Crippen LogP contribution in [0.1, 0.15) is 16.2 Å². The van der Waals surface area contributed by atoms with Crippen molar-refractivity contribution in [3.63, 3.8) is 0 Å². The molecule has 1 N–H and O–H groups in total. The molecule has 5 heteroatoms. The van der Waals surface area contributed by atoms with Gasteiger partial charge in [0.1, 0.15) is 5.52 Å². The van der Waals surface area contributed by atoms with Crippen molar-refractivity contribution in [1.82, 2.24) is 15.2 Å². The summed E-state index contributed by atoms with van der Waals surface area (Å²) >= 11 is 0. The van der Waals surface area contributed by atoms with Gasteiger partial charge in [0.2, 0.25) is 0 Å². The van der Waals surface area contributed by atoms with Gasteiger partial charge in [-0.25, -0.2) is 4.98 Å². The summed E-state index contributed by atoms with van der Waals surface area (Å²) < 4.78 is 5.42. The van der Waals surface area contributed by atoms with E-state index in [0.29, 0.717) is 11.5 Å². The number of likely N-dealkylation sites (N-methyl/N-ethyl adjacent to an activating group) is 1. The number of rotatable bonds is 2. The molecule has 19 heavy (non-hydrogen) atoms. The Bertz CT molecular complexity index is 620. The van der Waals surface area contributed by atoms with Crippen molar-refractivity contribution < 1.29 is 9.21 Å². The number of fused-ring (bicyclic) bond motifs is 1. The van der Waals surface area contributed by atoms with E-state index >= 15 is 0 Å². The number of nitrogens with one attached hydrogen (secondary N) is 1. The predicted molar refractivity (Wildman–Crippen MR) is 72.4 cm³/mol. The first kappa shape index (κ1) is 12.3. The zero-order chi connectivity index (χ0) is 13.4. The summed E-state index contributed by atoms with van der Waals surface area (Å²) in [7, 11) is 2.03. The van der Waals surface area contributed by atoms with Crippen LogP contribution in [0.15, 0.2) is 22.6 Å². The van der Waals surface area contributed by atoms with Gasteiger partial charge in [-0.3, -0.25) is 4.79 Å². The Morgan fingerprint density at radius 2 is 2.37 bits per heavy atom. The molecule has 100 valence electrons. The SMILES string of the molecule is Cc1nc2cc(C(=O)C3CN(C)CCN3)ccc2o1. The number of piperazine rings is 1. The molecular formula is C14H17N3O2. The van der Waals surface area contributed by atoms with Gasteiger partial charge < -0.3 is 14.6 Å². The minimum atomic E-state index is -0.135. The Balaban J connectivity index is 1.88. The maximum Gasteiger partial charge on any atom is 0.192 e. The van der Waals surface area contributed by atoms with E-state index in [1.807, 2.05) is 25.2 Å². The molecule has 0 spiro atoms. The zero-order valence-corrected chi connectivity index (χ0v) is 11.1. The second kappa shape index (κ2) is 4.75. The maximum absolute atomic E-state index is 12.4. The minimum Gasteiger partial charge on any atom is -0.441 e. The number of aromatic nitrogens is 1. The van der Waals surface area contributed by atoms with Gasteiger partial charge in [-0.05, 0) is 25.2 Å². The Morgan fingerprint density at radius 1 is 1.53 bits per heavy atom. The first-order valence-corrected chi connectivity index (χ1v) is 6.47. The highest BCUT2D eigenvalue weighted by atomic mass is 16.3. The van der Waals surface area contributed by atoms with Crippen LogP contribution < -0.4 is 5.32 Å². The van der Waals surface area contributed by atoms with Gasteiger partial charge in [-0.15, -0.1) is 0 Å². The van der Waals surface area contributed by atoms with Gasteiger partial charge in [0.15, 0.2) is 17.3 Å². The fraction of sp³-hybridized carbons (Fsp3) is 0.429. The molecule has 2 aromatic rings. The number of oxazole rings is 1. The van der Waals surface area contributed by atoms with E-state index in [2.05, 4.69) is 15.2 Å². The van der Waals surface area contributed by atoms with Crippen LogP contribution >= 0.6 is 0 Å². The van der Waals surface area contributed by atoms with Crippen LogP contribution in [0.2, 0.25) is 0 Å². The molecule has 0 bridgehead atoms. The molecule has 0 radical (unpaired) electrons. The van der Waals surface area contributed by atoms with Gasteiger partial charge in [0.25, 0.3) is 0 Å². The molecule has 1 unspecified atom stereocenters. The fourth-order valence-corrected chi connectivity index (χ4v) is 2.47. The van der Waals surface area contributed by atoms with Crippen molar-refractivity contribution in [1.29, 1.82) is 0 Å². The number of nitrogens with zero attached hydrogens (tertiary/aromatic N) is 2. The Hall–Kier alpha value is -1.72. The average molecular weight is 259 g/mol. The first-order chi connectivity index (χ1) is 9.13. The molecule has 0 amide bonds. The predicted octanol–water partition coefficient (Wildman–Crippen LogP) is 1.22. The third kappa shape index (κ3) is 2.39. The maximum atomic E-state index is 12.4. The standard InChI is InChI=1S/C14H17N3O2/c1-9-16-11-7-10(3-4-13(11)19-9)14(18)12-8-17(2)6-5-15-12/h3-4,7,12,15H,5-6,8H2,1-2H3. The lowest BCUT2D eigenvalue weighted by Gasteiger charge is -2.29. The topological polar surface area (TPSA) is 58.4 Å².